The van der Waals surface area contributed by atoms with Crippen molar-refractivity contribution in [1.29, 1.82) is 0 Å². The number of nitrogen functional groups attached to an aromatic ring is 1. The van der Waals surface area contributed by atoms with Gasteiger partial charge in [0, 0.05) is 18.4 Å². The number of hydrogen-bond acceptors (Lipinski definition) is 3. The molecule has 0 aromatic heterocycles. The molecule has 2 aromatic rings. The van der Waals surface area contributed by atoms with E-state index in [1.807, 2.05) is 24.3 Å². The van der Waals surface area contributed by atoms with Gasteiger partial charge in [0.15, 0.2) is 5.78 Å². The molecule has 2 aromatic carbocycles. The number of rotatable bonds is 11. The standard InChI is InChI=1S/C23H30N2O2/c1-2-9-18-14-16-19(17-15-18)22(26)12-5-3-4-6-13-23(27)25-21-11-8-7-10-20(21)24/h7-8,10-11,14-17H,2-6,9,12-13,24H2,1H3,(H,25,27). The number of benzene rings is 2. The minimum absolute atomic E-state index is 0.0175. The summed E-state index contributed by atoms with van der Waals surface area (Å²) in [5.41, 5.74) is 9.14. The summed E-state index contributed by atoms with van der Waals surface area (Å²) in [7, 11) is 0. The second kappa shape index (κ2) is 11.2. The van der Waals surface area contributed by atoms with E-state index in [1.54, 1.807) is 12.1 Å². The number of amides is 1. The molecule has 0 heterocycles. The number of para-hydroxylation sites is 2. The van der Waals surface area contributed by atoms with Gasteiger partial charge >= 0.3 is 0 Å². The molecule has 0 saturated heterocycles. The number of ketones is 1. The van der Waals surface area contributed by atoms with Gasteiger partial charge in [-0.1, -0.05) is 62.6 Å². The van der Waals surface area contributed by atoms with E-state index >= 15 is 0 Å². The number of nitrogens with one attached hydrogen (secondary N) is 1. The van der Waals surface area contributed by atoms with Gasteiger partial charge in [0.2, 0.25) is 5.91 Å². The molecule has 2 rings (SSSR count). The molecule has 144 valence electrons. The van der Waals surface area contributed by atoms with E-state index in [4.69, 9.17) is 5.73 Å². The lowest BCUT2D eigenvalue weighted by atomic mass is 10.0. The number of unbranched alkanes of at least 4 members (excludes halogenated alkanes) is 3. The summed E-state index contributed by atoms with van der Waals surface area (Å²) in [6.45, 7) is 2.15. The molecule has 0 spiro atoms. The Bertz CT molecular complexity index is 738. The average molecular weight is 367 g/mol. The third-order valence-electron chi connectivity index (χ3n) is 4.61. The van der Waals surface area contributed by atoms with Crippen molar-refractivity contribution in [2.24, 2.45) is 0 Å². The molecule has 0 radical (unpaired) electrons. The summed E-state index contributed by atoms with van der Waals surface area (Å²) < 4.78 is 0. The number of nitrogens with two attached hydrogens (primary N) is 1. The molecule has 0 aliphatic heterocycles. The highest BCUT2D eigenvalue weighted by Crippen LogP contribution is 2.17. The van der Waals surface area contributed by atoms with E-state index in [0.717, 1.165) is 44.1 Å². The van der Waals surface area contributed by atoms with E-state index in [0.29, 0.717) is 24.2 Å². The quantitative estimate of drug-likeness (QED) is 0.318. The monoisotopic (exact) mass is 366 g/mol. The predicted octanol–water partition coefficient (Wildman–Crippen LogP) is 5.38. The summed E-state index contributed by atoms with van der Waals surface area (Å²) in [6, 6.07) is 15.2. The van der Waals surface area contributed by atoms with Crippen LogP contribution in [0.2, 0.25) is 0 Å². The van der Waals surface area contributed by atoms with Gasteiger partial charge in [0.25, 0.3) is 0 Å². The van der Waals surface area contributed by atoms with Crippen molar-refractivity contribution in [2.45, 2.75) is 58.3 Å². The van der Waals surface area contributed by atoms with Crippen LogP contribution in [-0.2, 0) is 11.2 Å². The minimum atomic E-state index is -0.0175. The van der Waals surface area contributed by atoms with Crippen molar-refractivity contribution in [3.63, 3.8) is 0 Å². The second-order valence-electron chi connectivity index (χ2n) is 6.92. The number of hydrogen-bond donors (Lipinski definition) is 2. The van der Waals surface area contributed by atoms with Crippen molar-refractivity contribution < 1.29 is 9.59 Å². The fourth-order valence-electron chi connectivity index (χ4n) is 3.04. The van der Waals surface area contributed by atoms with Gasteiger partial charge in [-0.3, -0.25) is 9.59 Å². The van der Waals surface area contributed by atoms with Crippen LogP contribution >= 0.6 is 0 Å². The summed E-state index contributed by atoms with van der Waals surface area (Å²) in [5, 5.41) is 2.84. The maximum absolute atomic E-state index is 12.2. The Hall–Kier alpha value is -2.62. The molecule has 1 amide bonds. The highest BCUT2D eigenvalue weighted by atomic mass is 16.1. The Morgan fingerprint density at radius 1 is 0.889 bits per heavy atom. The molecule has 0 unspecified atom stereocenters. The van der Waals surface area contributed by atoms with Crippen LogP contribution in [0.15, 0.2) is 48.5 Å². The highest BCUT2D eigenvalue weighted by Gasteiger charge is 2.07. The SMILES string of the molecule is CCCc1ccc(C(=O)CCCCCCC(=O)Nc2ccccc2N)cc1. The van der Waals surface area contributed by atoms with Crippen molar-refractivity contribution in [1.82, 2.24) is 0 Å². The van der Waals surface area contributed by atoms with Crippen LogP contribution in [0.25, 0.3) is 0 Å². The van der Waals surface area contributed by atoms with Gasteiger partial charge in [0.05, 0.1) is 11.4 Å². The van der Waals surface area contributed by atoms with Gasteiger partial charge < -0.3 is 11.1 Å². The first-order chi connectivity index (χ1) is 13.1. The van der Waals surface area contributed by atoms with E-state index in [2.05, 4.69) is 24.4 Å². The van der Waals surface area contributed by atoms with Crippen LogP contribution in [0.4, 0.5) is 11.4 Å². The first-order valence-corrected chi connectivity index (χ1v) is 9.86. The van der Waals surface area contributed by atoms with Crippen molar-refractivity contribution >= 4 is 23.1 Å². The maximum Gasteiger partial charge on any atom is 0.224 e. The molecule has 0 atom stereocenters. The van der Waals surface area contributed by atoms with Crippen LogP contribution in [-0.4, -0.2) is 11.7 Å². The fourth-order valence-corrected chi connectivity index (χ4v) is 3.04. The number of aryl methyl sites for hydroxylation is 1. The van der Waals surface area contributed by atoms with Crippen LogP contribution < -0.4 is 11.1 Å². The number of Topliss-reactive ketones (excluding diaryl/α,β-unsaturated/α-hetero) is 1. The van der Waals surface area contributed by atoms with Crippen LogP contribution in [0.5, 0.6) is 0 Å². The number of carbonyl (C=O) groups is 2. The first-order valence-electron chi connectivity index (χ1n) is 9.86. The topological polar surface area (TPSA) is 72.2 Å². The van der Waals surface area contributed by atoms with Crippen molar-refractivity contribution in [2.75, 3.05) is 11.1 Å². The largest absolute Gasteiger partial charge is 0.397 e. The molecular formula is C23H30N2O2. The van der Waals surface area contributed by atoms with Gasteiger partial charge in [-0.25, -0.2) is 0 Å². The van der Waals surface area contributed by atoms with Gasteiger partial charge in [-0.15, -0.1) is 0 Å². The fraction of sp³-hybridized carbons (Fsp3) is 0.391. The lowest BCUT2D eigenvalue weighted by molar-refractivity contribution is -0.116. The Labute approximate surface area is 162 Å². The van der Waals surface area contributed by atoms with Crippen molar-refractivity contribution in [3.8, 4) is 0 Å². The van der Waals surface area contributed by atoms with Crippen LogP contribution in [0, 0.1) is 0 Å². The third kappa shape index (κ3) is 7.26. The molecule has 0 aliphatic rings. The molecule has 3 N–H and O–H groups in total. The summed E-state index contributed by atoms with van der Waals surface area (Å²) in [5.74, 6) is 0.187. The molecule has 27 heavy (non-hydrogen) atoms. The average Bonchev–Trinajstić information content (AvgIpc) is 2.67. The Morgan fingerprint density at radius 3 is 2.22 bits per heavy atom. The maximum atomic E-state index is 12.2. The van der Waals surface area contributed by atoms with Crippen LogP contribution in [0.3, 0.4) is 0 Å². The zero-order valence-electron chi connectivity index (χ0n) is 16.2. The van der Waals surface area contributed by atoms with Gasteiger partial charge in [-0.05, 0) is 37.0 Å². The second-order valence-corrected chi connectivity index (χ2v) is 6.92. The normalized spacial score (nSPS) is 10.6. The smallest absolute Gasteiger partial charge is 0.224 e. The zero-order valence-corrected chi connectivity index (χ0v) is 16.2. The van der Waals surface area contributed by atoms with Gasteiger partial charge in [0.1, 0.15) is 0 Å². The Kier molecular flexibility index (Phi) is 8.56. The summed E-state index contributed by atoms with van der Waals surface area (Å²) in [6.07, 6.45) is 6.80. The summed E-state index contributed by atoms with van der Waals surface area (Å²) >= 11 is 0. The first kappa shape index (κ1) is 20.7. The lowest BCUT2D eigenvalue weighted by Crippen LogP contribution is -2.12. The van der Waals surface area contributed by atoms with E-state index in [9.17, 15) is 9.59 Å². The van der Waals surface area contributed by atoms with E-state index in [-0.39, 0.29) is 11.7 Å². The number of anilines is 2. The van der Waals surface area contributed by atoms with E-state index < -0.39 is 0 Å². The summed E-state index contributed by atoms with van der Waals surface area (Å²) in [4.78, 5) is 24.2. The lowest BCUT2D eigenvalue weighted by Gasteiger charge is -2.07. The van der Waals surface area contributed by atoms with Crippen LogP contribution in [0.1, 0.15) is 67.8 Å². The molecule has 0 fully saturated rings. The molecule has 4 nitrogen and oxygen atoms in total. The zero-order chi connectivity index (χ0) is 19.5. The van der Waals surface area contributed by atoms with Crippen molar-refractivity contribution in [3.05, 3.63) is 59.7 Å². The van der Waals surface area contributed by atoms with E-state index in [1.165, 1.54) is 5.56 Å². The molecule has 0 bridgehead atoms. The Morgan fingerprint density at radius 2 is 1.56 bits per heavy atom. The highest BCUT2D eigenvalue weighted by molar-refractivity contribution is 5.96. The predicted molar refractivity (Wildman–Crippen MR) is 112 cm³/mol. The molecule has 0 aliphatic carbocycles. The third-order valence-corrected chi connectivity index (χ3v) is 4.61. The molecule has 4 heteroatoms. The molecular weight excluding hydrogens is 336 g/mol. The van der Waals surface area contributed by atoms with Gasteiger partial charge in [-0.2, -0.15) is 0 Å². The number of carbonyl (C=O) groups excluding carboxylic acids is 2. The minimum Gasteiger partial charge on any atom is -0.397 e. The molecule has 0 saturated carbocycles. The Balaban J connectivity index is 1.59.